The van der Waals surface area contributed by atoms with Crippen LogP contribution in [0.25, 0.3) is 0 Å². The number of aliphatic hydroxyl groups excluding tert-OH is 5. The van der Waals surface area contributed by atoms with Crippen LogP contribution < -0.4 is 0 Å². The molecule has 0 radical (unpaired) electrons. The van der Waals surface area contributed by atoms with Gasteiger partial charge in [0.15, 0.2) is 12.6 Å². The van der Waals surface area contributed by atoms with Crippen molar-refractivity contribution in [1.29, 1.82) is 0 Å². The Kier molecular flexibility index (Phi) is 10.3. The molecule has 7 N–H and O–H groups in total. The fraction of sp³-hybridized carbons (Fsp3) is 0.902. The third-order valence-corrected chi connectivity index (χ3v) is 17.0. The first kappa shape index (κ1) is 40.5. The fourth-order valence-corrected chi connectivity index (χ4v) is 13.7. The third kappa shape index (κ3) is 5.56. The Bertz CT molecular complexity index is 1500. The summed E-state index contributed by atoms with van der Waals surface area (Å²) >= 11 is 0. The summed E-state index contributed by atoms with van der Waals surface area (Å²) in [5.41, 5.74) is -2.54. The highest BCUT2D eigenvalue weighted by Crippen LogP contribution is 2.76. The Hall–Kier alpha value is -1.68. The maximum Gasteiger partial charge on any atom is 0.314 e. The van der Waals surface area contributed by atoms with Gasteiger partial charge in [0, 0.05) is 0 Å². The highest BCUT2D eigenvalue weighted by atomic mass is 16.8. The summed E-state index contributed by atoms with van der Waals surface area (Å²) in [6.45, 7) is 14.5. The first-order valence-electron chi connectivity index (χ1n) is 20.3. The molecule has 7 aliphatic rings. The van der Waals surface area contributed by atoms with Gasteiger partial charge in [0.2, 0.25) is 0 Å². The quantitative estimate of drug-likeness (QED) is 0.153. The molecule has 54 heavy (non-hydrogen) atoms. The van der Waals surface area contributed by atoms with Gasteiger partial charge in [0.1, 0.15) is 36.6 Å². The van der Waals surface area contributed by atoms with E-state index in [4.69, 9.17) is 18.9 Å². The van der Waals surface area contributed by atoms with Gasteiger partial charge in [-0.3, -0.25) is 9.59 Å². The minimum atomic E-state index is -1.62. The molecule has 2 saturated heterocycles. The second kappa shape index (κ2) is 13.7. The van der Waals surface area contributed by atoms with E-state index in [1.54, 1.807) is 6.92 Å². The Balaban J connectivity index is 1.18. The van der Waals surface area contributed by atoms with Crippen LogP contribution in [0.3, 0.4) is 0 Å². The minimum absolute atomic E-state index is 0.0307. The van der Waals surface area contributed by atoms with Gasteiger partial charge < -0.3 is 54.7 Å². The molecule has 0 aromatic carbocycles. The van der Waals surface area contributed by atoms with Gasteiger partial charge in [-0.1, -0.05) is 53.2 Å². The van der Waals surface area contributed by atoms with Gasteiger partial charge in [-0.15, -0.1) is 0 Å². The number of carboxylic acids is 2. The topological polar surface area (TPSA) is 213 Å². The van der Waals surface area contributed by atoms with Crippen LogP contribution in [0.1, 0.15) is 106 Å². The fourth-order valence-electron chi connectivity index (χ4n) is 13.7. The average molecular weight is 765 g/mol. The summed E-state index contributed by atoms with van der Waals surface area (Å²) in [5.74, 6) is -1.43. The molecule has 0 aromatic rings. The van der Waals surface area contributed by atoms with Crippen molar-refractivity contribution in [2.24, 2.45) is 56.7 Å². The first-order chi connectivity index (χ1) is 25.2. The van der Waals surface area contributed by atoms with Crippen LogP contribution in [0.5, 0.6) is 0 Å². The number of fused-ring (bicyclic) bond motifs is 7. The van der Waals surface area contributed by atoms with E-state index in [2.05, 4.69) is 47.6 Å². The van der Waals surface area contributed by atoms with Gasteiger partial charge >= 0.3 is 11.9 Å². The molecule has 0 amide bonds. The molecule has 306 valence electrons. The number of carboxylic acid groups (broad SMARTS) is 2. The lowest BCUT2D eigenvalue weighted by Crippen LogP contribution is -2.68. The smallest absolute Gasteiger partial charge is 0.314 e. The molecule has 0 bridgehead atoms. The van der Waals surface area contributed by atoms with Crippen molar-refractivity contribution < 1.29 is 64.3 Å². The monoisotopic (exact) mass is 764 g/mol. The van der Waals surface area contributed by atoms with Crippen molar-refractivity contribution in [3.8, 4) is 0 Å². The number of aliphatic carboxylic acids is 2. The lowest BCUT2D eigenvalue weighted by molar-refractivity contribution is -0.367. The van der Waals surface area contributed by atoms with Crippen molar-refractivity contribution in [3.63, 3.8) is 0 Å². The normalized spacial score (nSPS) is 54.2. The summed E-state index contributed by atoms with van der Waals surface area (Å²) in [5, 5.41) is 74.9. The van der Waals surface area contributed by atoms with Gasteiger partial charge in [-0.05, 0) is 111 Å². The Labute approximate surface area is 318 Å². The molecule has 0 unspecified atom stereocenters. The summed E-state index contributed by atoms with van der Waals surface area (Å²) in [4.78, 5) is 27.1. The summed E-state index contributed by atoms with van der Waals surface area (Å²) in [6.07, 6.45) is -4.56. The van der Waals surface area contributed by atoms with E-state index < -0.39 is 88.9 Å². The molecule has 6 fully saturated rings. The predicted molar refractivity (Wildman–Crippen MR) is 192 cm³/mol. The zero-order valence-electron chi connectivity index (χ0n) is 32.9. The number of hydrogen-bond acceptors (Lipinski definition) is 11. The first-order valence-corrected chi connectivity index (χ1v) is 20.3. The zero-order valence-corrected chi connectivity index (χ0v) is 32.9. The number of carbonyl (C=O) groups is 2. The zero-order chi connectivity index (χ0) is 39.5. The molecule has 0 spiro atoms. The average Bonchev–Trinajstić information content (AvgIpc) is 3.10. The summed E-state index contributed by atoms with van der Waals surface area (Å²) < 4.78 is 24.3. The maximum absolute atomic E-state index is 14.0. The van der Waals surface area contributed by atoms with E-state index in [1.165, 1.54) is 0 Å². The number of aliphatic hydroxyl groups is 5. The van der Waals surface area contributed by atoms with E-state index in [-0.39, 0.29) is 41.8 Å². The van der Waals surface area contributed by atoms with Crippen LogP contribution in [0.15, 0.2) is 11.6 Å². The van der Waals surface area contributed by atoms with Crippen LogP contribution in [-0.4, -0.2) is 116 Å². The molecule has 4 saturated carbocycles. The molecular formula is C41H64O13. The van der Waals surface area contributed by atoms with Crippen molar-refractivity contribution in [1.82, 2.24) is 0 Å². The van der Waals surface area contributed by atoms with Gasteiger partial charge in [-0.2, -0.15) is 0 Å². The molecule has 19 atom stereocenters. The molecule has 13 nitrogen and oxygen atoms in total. The van der Waals surface area contributed by atoms with E-state index in [9.17, 15) is 45.3 Å². The predicted octanol–water partition coefficient (Wildman–Crippen LogP) is 3.47. The molecule has 0 aromatic heterocycles. The molecule has 2 heterocycles. The SMILES string of the molecule is C[C@H]1[C@H](C)CC[C@]2(C(=O)O)CC[C@]3(C(=O)O)C(=CC[C@@H]4[C@@]5(C)CC[C@H](O[C@@H]6O[C@H](C)[C@@H](O)[C@H](O)[C@H]6O[C@@H]6OC[C@@H](O)[C@H](O)[C@H]6O)C(C)(C)[C@@H]5CC[C@]43C)[C@H]12. The summed E-state index contributed by atoms with van der Waals surface area (Å²) in [7, 11) is 0. The van der Waals surface area contributed by atoms with Gasteiger partial charge in [-0.25, -0.2) is 0 Å². The van der Waals surface area contributed by atoms with Crippen molar-refractivity contribution >= 4 is 11.9 Å². The standard InChI is InChI=1S/C41H64O13/c1-19-10-15-40(35(47)48)16-17-41(36(49)50)22(27(40)20(19)2)8-9-25-38(6)13-12-26(37(4,5)24(38)11-14-39(25,41)7)53-34-32(30(45)28(43)21(3)52-34)54-33-31(46)29(44)23(42)18-51-33/h8,19-21,23-34,42-46H,9-18H2,1-7H3,(H,47,48)(H,49,50)/t19-,20+,21-,23-,24+,25-,26+,27+,28-,29+,30+,31-,32-,33+,34+,38+,39-,40+,41-/m1/s1. The molecule has 5 aliphatic carbocycles. The highest BCUT2D eigenvalue weighted by molar-refractivity contribution is 5.84. The number of allylic oxidation sites excluding steroid dienone is 1. The molecule has 13 heteroatoms. The van der Waals surface area contributed by atoms with Crippen LogP contribution in [0, 0.1) is 56.7 Å². The van der Waals surface area contributed by atoms with E-state index >= 15 is 0 Å². The maximum atomic E-state index is 14.0. The number of rotatable bonds is 6. The minimum Gasteiger partial charge on any atom is -0.481 e. The number of hydrogen-bond donors (Lipinski definition) is 7. The van der Waals surface area contributed by atoms with E-state index in [0.29, 0.717) is 44.4 Å². The van der Waals surface area contributed by atoms with E-state index in [0.717, 1.165) is 24.8 Å². The van der Waals surface area contributed by atoms with Crippen molar-refractivity contribution in [2.75, 3.05) is 6.61 Å². The highest BCUT2D eigenvalue weighted by Gasteiger charge is 2.73. The van der Waals surface area contributed by atoms with Crippen molar-refractivity contribution in [2.45, 2.75) is 168 Å². The van der Waals surface area contributed by atoms with Crippen LogP contribution >= 0.6 is 0 Å². The van der Waals surface area contributed by atoms with E-state index in [1.807, 2.05) is 0 Å². The second-order valence-corrected chi connectivity index (χ2v) is 19.5. The molecule has 7 rings (SSSR count). The number of ether oxygens (including phenoxy) is 4. The third-order valence-electron chi connectivity index (χ3n) is 17.0. The van der Waals surface area contributed by atoms with Crippen LogP contribution in [-0.2, 0) is 28.5 Å². The lowest BCUT2D eigenvalue weighted by atomic mass is 9.33. The lowest BCUT2D eigenvalue weighted by Gasteiger charge is -2.70. The van der Waals surface area contributed by atoms with Crippen molar-refractivity contribution in [3.05, 3.63) is 11.6 Å². The summed E-state index contributed by atoms with van der Waals surface area (Å²) in [6, 6.07) is 0. The van der Waals surface area contributed by atoms with Gasteiger partial charge in [0.05, 0.1) is 29.6 Å². The Morgan fingerprint density at radius 3 is 2.13 bits per heavy atom. The van der Waals surface area contributed by atoms with Gasteiger partial charge in [0.25, 0.3) is 0 Å². The van der Waals surface area contributed by atoms with Crippen LogP contribution in [0.4, 0.5) is 0 Å². The largest absolute Gasteiger partial charge is 0.481 e. The van der Waals surface area contributed by atoms with Crippen LogP contribution in [0.2, 0.25) is 0 Å². The molecular weight excluding hydrogens is 700 g/mol. The second-order valence-electron chi connectivity index (χ2n) is 19.5. The molecule has 2 aliphatic heterocycles. The Morgan fingerprint density at radius 1 is 0.759 bits per heavy atom. The Morgan fingerprint density at radius 2 is 1.46 bits per heavy atom.